The molecule has 1 nitrogen and oxygen atoms in total. The van der Waals surface area contributed by atoms with Crippen molar-refractivity contribution < 1.29 is 22.4 Å². The van der Waals surface area contributed by atoms with E-state index in [1.807, 2.05) is 0 Å². The fourth-order valence-electron chi connectivity index (χ4n) is 1.02. The standard InChI is InChI=1S/C8H2BrClF4O/c9-3-1-2-4(11)6(8(12,13)14)5(3)7(10)15/h1-2H. The van der Waals surface area contributed by atoms with E-state index in [9.17, 15) is 22.4 Å². The summed E-state index contributed by atoms with van der Waals surface area (Å²) in [6.07, 6.45) is -4.96. The summed E-state index contributed by atoms with van der Waals surface area (Å²) in [5.74, 6) is -1.53. The van der Waals surface area contributed by atoms with Crippen molar-refractivity contribution in [2.24, 2.45) is 0 Å². The van der Waals surface area contributed by atoms with Gasteiger partial charge in [0.25, 0.3) is 5.24 Å². The summed E-state index contributed by atoms with van der Waals surface area (Å²) >= 11 is 7.66. The Hall–Kier alpha value is -0.620. The molecule has 0 radical (unpaired) electrons. The highest BCUT2D eigenvalue weighted by atomic mass is 79.9. The van der Waals surface area contributed by atoms with Gasteiger partial charge in [-0.15, -0.1) is 0 Å². The minimum Gasteiger partial charge on any atom is -0.276 e. The molecule has 0 aliphatic heterocycles. The molecule has 7 heteroatoms. The van der Waals surface area contributed by atoms with Gasteiger partial charge in [0.05, 0.1) is 5.56 Å². The first-order valence-corrected chi connectivity index (χ1v) is 4.67. The van der Waals surface area contributed by atoms with E-state index in [2.05, 4.69) is 15.9 Å². The van der Waals surface area contributed by atoms with Gasteiger partial charge in [0.2, 0.25) is 0 Å². The molecule has 0 atom stereocenters. The molecule has 0 saturated carbocycles. The van der Waals surface area contributed by atoms with Crippen molar-refractivity contribution in [1.29, 1.82) is 0 Å². The number of carbonyl (C=O) groups is 1. The number of benzene rings is 1. The van der Waals surface area contributed by atoms with E-state index >= 15 is 0 Å². The lowest BCUT2D eigenvalue weighted by molar-refractivity contribution is -0.140. The largest absolute Gasteiger partial charge is 0.420 e. The summed E-state index contributed by atoms with van der Waals surface area (Å²) in [6.45, 7) is 0. The molecule has 15 heavy (non-hydrogen) atoms. The molecule has 1 rings (SSSR count). The van der Waals surface area contributed by atoms with Crippen LogP contribution in [0.4, 0.5) is 17.6 Å². The van der Waals surface area contributed by atoms with Crippen LogP contribution in [0.2, 0.25) is 0 Å². The molecule has 1 aromatic rings. The summed E-state index contributed by atoms with van der Waals surface area (Å²) in [4.78, 5) is 10.8. The first-order valence-electron chi connectivity index (χ1n) is 3.50. The quantitative estimate of drug-likeness (QED) is 0.566. The zero-order valence-electron chi connectivity index (χ0n) is 6.83. The number of hydrogen-bond acceptors (Lipinski definition) is 1. The summed E-state index contributed by atoms with van der Waals surface area (Å²) < 4.78 is 49.9. The Morgan fingerprint density at radius 1 is 1.33 bits per heavy atom. The minimum absolute atomic E-state index is 0.198. The Kier molecular flexibility index (Phi) is 3.40. The smallest absolute Gasteiger partial charge is 0.276 e. The summed E-state index contributed by atoms with van der Waals surface area (Å²) in [6, 6.07) is 1.59. The van der Waals surface area contributed by atoms with Gasteiger partial charge in [-0.1, -0.05) is 0 Å². The van der Waals surface area contributed by atoms with Crippen molar-refractivity contribution in [1.82, 2.24) is 0 Å². The Balaban J connectivity index is 3.60. The highest BCUT2D eigenvalue weighted by Gasteiger charge is 2.39. The molecule has 0 saturated heterocycles. The van der Waals surface area contributed by atoms with Crippen LogP contribution in [0.3, 0.4) is 0 Å². The third kappa shape index (κ3) is 2.49. The lowest BCUT2D eigenvalue weighted by atomic mass is 10.1. The van der Waals surface area contributed by atoms with Crippen LogP contribution in [-0.4, -0.2) is 5.24 Å². The van der Waals surface area contributed by atoms with Crippen LogP contribution < -0.4 is 0 Å². The molecule has 0 fully saturated rings. The molecule has 0 bridgehead atoms. The van der Waals surface area contributed by atoms with Crippen LogP contribution >= 0.6 is 27.5 Å². The molecule has 0 unspecified atom stereocenters. The normalized spacial score (nSPS) is 11.6. The number of rotatable bonds is 1. The highest BCUT2D eigenvalue weighted by Crippen LogP contribution is 2.37. The van der Waals surface area contributed by atoms with Gasteiger partial charge in [0.1, 0.15) is 11.4 Å². The number of halogens is 6. The first-order chi connectivity index (χ1) is 6.75. The monoisotopic (exact) mass is 304 g/mol. The molecule has 0 aromatic heterocycles. The Morgan fingerprint density at radius 3 is 2.20 bits per heavy atom. The Labute approximate surface area is 95.2 Å². The predicted octanol–water partition coefficient (Wildman–Crippen LogP) is 3.99. The van der Waals surface area contributed by atoms with E-state index in [4.69, 9.17) is 11.6 Å². The van der Waals surface area contributed by atoms with E-state index in [0.717, 1.165) is 6.07 Å². The third-order valence-corrected chi connectivity index (χ3v) is 2.43. The fourth-order valence-corrected chi connectivity index (χ4v) is 1.84. The van der Waals surface area contributed by atoms with Crippen LogP contribution in [0, 0.1) is 5.82 Å². The molecule has 82 valence electrons. The Bertz CT molecular complexity index is 416. The summed E-state index contributed by atoms with van der Waals surface area (Å²) in [5.41, 5.74) is -2.57. The van der Waals surface area contributed by atoms with Gasteiger partial charge in [0.15, 0.2) is 0 Å². The van der Waals surface area contributed by atoms with Gasteiger partial charge in [-0.3, -0.25) is 4.79 Å². The predicted molar refractivity (Wildman–Crippen MR) is 49.3 cm³/mol. The molecule has 0 spiro atoms. The molecule has 1 aromatic carbocycles. The molecule has 0 aliphatic rings. The van der Waals surface area contributed by atoms with Gasteiger partial charge in [-0.05, 0) is 39.7 Å². The molecule has 0 aliphatic carbocycles. The van der Waals surface area contributed by atoms with Gasteiger partial charge in [-0.2, -0.15) is 13.2 Å². The molecular formula is C8H2BrClF4O. The van der Waals surface area contributed by atoms with Crippen molar-refractivity contribution in [3.8, 4) is 0 Å². The second kappa shape index (κ2) is 4.09. The number of carbonyl (C=O) groups excluding carboxylic acids is 1. The van der Waals surface area contributed by atoms with Crippen LogP contribution in [0.15, 0.2) is 16.6 Å². The molecule has 0 N–H and O–H groups in total. The third-order valence-electron chi connectivity index (χ3n) is 1.58. The van der Waals surface area contributed by atoms with Crippen molar-refractivity contribution in [2.45, 2.75) is 6.18 Å². The van der Waals surface area contributed by atoms with Crippen LogP contribution in [0.25, 0.3) is 0 Å². The zero-order valence-corrected chi connectivity index (χ0v) is 9.17. The topological polar surface area (TPSA) is 17.1 Å². The molecule has 0 heterocycles. The van der Waals surface area contributed by atoms with E-state index in [1.165, 1.54) is 0 Å². The van der Waals surface area contributed by atoms with Gasteiger partial charge in [0, 0.05) is 4.47 Å². The maximum atomic E-state index is 12.9. The minimum atomic E-state index is -4.96. The van der Waals surface area contributed by atoms with Crippen LogP contribution in [0.1, 0.15) is 15.9 Å². The van der Waals surface area contributed by atoms with Gasteiger partial charge < -0.3 is 0 Å². The first kappa shape index (κ1) is 12.4. The van der Waals surface area contributed by atoms with Crippen LogP contribution in [-0.2, 0) is 6.18 Å². The van der Waals surface area contributed by atoms with Crippen molar-refractivity contribution in [3.05, 3.63) is 33.5 Å². The van der Waals surface area contributed by atoms with Gasteiger partial charge >= 0.3 is 6.18 Å². The zero-order chi connectivity index (χ0) is 11.8. The number of hydrogen-bond donors (Lipinski definition) is 0. The maximum Gasteiger partial charge on any atom is 0.420 e. The van der Waals surface area contributed by atoms with Gasteiger partial charge in [-0.25, -0.2) is 4.39 Å². The maximum absolute atomic E-state index is 12.9. The molecule has 0 amide bonds. The summed E-state index contributed by atoms with van der Waals surface area (Å²) in [7, 11) is 0. The number of alkyl halides is 3. The van der Waals surface area contributed by atoms with Crippen LogP contribution in [0.5, 0.6) is 0 Å². The second-order valence-electron chi connectivity index (χ2n) is 2.55. The average molecular weight is 305 g/mol. The van der Waals surface area contributed by atoms with Crippen molar-refractivity contribution >= 4 is 32.8 Å². The fraction of sp³-hybridized carbons (Fsp3) is 0.125. The van der Waals surface area contributed by atoms with E-state index in [-0.39, 0.29) is 4.47 Å². The van der Waals surface area contributed by atoms with E-state index < -0.39 is 28.4 Å². The van der Waals surface area contributed by atoms with Crippen molar-refractivity contribution in [3.63, 3.8) is 0 Å². The SMILES string of the molecule is O=C(Cl)c1c(Br)ccc(F)c1C(F)(F)F. The molecular weight excluding hydrogens is 303 g/mol. The summed E-state index contributed by atoms with van der Waals surface area (Å²) in [5, 5.41) is -1.37. The Morgan fingerprint density at radius 2 is 1.87 bits per heavy atom. The lowest BCUT2D eigenvalue weighted by Gasteiger charge is -2.12. The van der Waals surface area contributed by atoms with E-state index in [0.29, 0.717) is 6.07 Å². The lowest BCUT2D eigenvalue weighted by Crippen LogP contribution is -2.14. The highest BCUT2D eigenvalue weighted by molar-refractivity contribution is 9.10. The van der Waals surface area contributed by atoms with E-state index in [1.54, 1.807) is 0 Å². The second-order valence-corrected chi connectivity index (χ2v) is 3.75. The van der Waals surface area contributed by atoms with Crippen molar-refractivity contribution in [2.75, 3.05) is 0 Å². The average Bonchev–Trinajstić information content (AvgIpc) is 2.05.